The van der Waals surface area contributed by atoms with Gasteiger partial charge in [0, 0.05) is 7.05 Å². The van der Waals surface area contributed by atoms with Crippen LogP contribution in [0.3, 0.4) is 0 Å². The van der Waals surface area contributed by atoms with Gasteiger partial charge in [0.25, 0.3) is 5.91 Å². The van der Waals surface area contributed by atoms with Gasteiger partial charge in [0.05, 0.1) is 6.26 Å². The normalized spacial score (nSPS) is 12.5. The first kappa shape index (κ1) is 14.3. The number of hydrogen-bond donors (Lipinski definition) is 1. The average molecular weight is 253 g/mol. The first-order valence-electron chi connectivity index (χ1n) is 5.88. The van der Waals surface area contributed by atoms with Crippen LogP contribution in [0.15, 0.2) is 16.7 Å². The van der Waals surface area contributed by atoms with Crippen molar-refractivity contribution in [3.05, 3.63) is 23.7 Å². The van der Waals surface area contributed by atoms with Crippen LogP contribution in [0.1, 0.15) is 36.4 Å². The van der Waals surface area contributed by atoms with Crippen LogP contribution in [0.25, 0.3) is 0 Å². The monoisotopic (exact) mass is 253 g/mol. The van der Waals surface area contributed by atoms with E-state index in [9.17, 15) is 9.59 Å². The number of likely N-dealkylation sites (N-methyl/N-ethyl adjacent to an activating group) is 1. The Hall–Kier alpha value is -1.78. The highest BCUT2D eigenvalue weighted by Crippen LogP contribution is 2.15. The molecule has 0 aromatic carbocycles. The highest BCUT2D eigenvalue weighted by molar-refractivity contribution is 5.94. The highest BCUT2D eigenvalue weighted by Gasteiger charge is 2.29. The van der Waals surface area contributed by atoms with Gasteiger partial charge in [-0.1, -0.05) is 13.8 Å². The van der Waals surface area contributed by atoms with Gasteiger partial charge in [-0.25, -0.2) is 4.79 Å². The zero-order valence-corrected chi connectivity index (χ0v) is 11.1. The fraction of sp³-hybridized carbons (Fsp3) is 0.538. The molecule has 1 aromatic heterocycles. The van der Waals surface area contributed by atoms with Crippen molar-refractivity contribution in [2.45, 2.75) is 33.2 Å². The fourth-order valence-corrected chi connectivity index (χ4v) is 1.73. The predicted molar refractivity (Wildman–Crippen MR) is 66.4 cm³/mol. The first-order valence-corrected chi connectivity index (χ1v) is 5.88. The molecule has 18 heavy (non-hydrogen) atoms. The molecular weight excluding hydrogens is 234 g/mol. The molecule has 5 nitrogen and oxygen atoms in total. The van der Waals surface area contributed by atoms with E-state index in [0.29, 0.717) is 6.42 Å². The Bertz CT molecular complexity index is 436. The van der Waals surface area contributed by atoms with Crippen molar-refractivity contribution >= 4 is 11.9 Å². The van der Waals surface area contributed by atoms with Crippen molar-refractivity contribution in [2.75, 3.05) is 7.05 Å². The Morgan fingerprint density at radius 3 is 2.44 bits per heavy atom. The number of carboxylic acids is 1. The molecule has 1 atom stereocenters. The summed E-state index contributed by atoms with van der Waals surface area (Å²) in [5.41, 5.74) is 0.836. The molecule has 1 N–H and O–H groups in total. The van der Waals surface area contributed by atoms with Crippen LogP contribution in [0.2, 0.25) is 0 Å². The van der Waals surface area contributed by atoms with E-state index >= 15 is 0 Å². The van der Waals surface area contributed by atoms with E-state index in [-0.39, 0.29) is 11.7 Å². The molecule has 1 heterocycles. The van der Waals surface area contributed by atoms with Crippen molar-refractivity contribution in [2.24, 2.45) is 5.92 Å². The van der Waals surface area contributed by atoms with Gasteiger partial charge < -0.3 is 14.4 Å². The number of aliphatic carboxylic acids is 1. The number of rotatable bonds is 5. The molecule has 1 unspecified atom stereocenters. The zero-order valence-electron chi connectivity index (χ0n) is 11.1. The van der Waals surface area contributed by atoms with E-state index in [2.05, 4.69) is 0 Å². The van der Waals surface area contributed by atoms with Crippen LogP contribution in [0.5, 0.6) is 0 Å². The number of carboxylic acid groups (broad SMARTS) is 1. The third-order valence-electron chi connectivity index (χ3n) is 2.71. The van der Waals surface area contributed by atoms with Crippen molar-refractivity contribution in [1.29, 1.82) is 0 Å². The van der Waals surface area contributed by atoms with Gasteiger partial charge in [-0.3, -0.25) is 4.79 Å². The molecule has 0 aliphatic carbocycles. The number of carbonyl (C=O) groups is 2. The maximum atomic E-state index is 12.1. The van der Waals surface area contributed by atoms with Gasteiger partial charge in [-0.15, -0.1) is 0 Å². The van der Waals surface area contributed by atoms with Crippen molar-refractivity contribution in [3.8, 4) is 0 Å². The largest absolute Gasteiger partial charge is 0.480 e. The average Bonchev–Trinajstić information content (AvgIpc) is 2.70. The van der Waals surface area contributed by atoms with Crippen molar-refractivity contribution in [1.82, 2.24) is 4.90 Å². The second-order valence-corrected chi connectivity index (χ2v) is 4.89. The lowest BCUT2D eigenvalue weighted by atomic mass is 10.0. The number of carbonyl (C=O) groups excluding carboxylic acids is 1. The first-order chi connectivity index (χ1) is 8.32. The Kier molecular flexibility index (Phi) is 4.53. The summed E-state index contributed by atoms with van der Waals surface area (Å²) >= 11 is 0. The van der Waals surface area contributed by atoms with Gasteiger partial charge in [0.2, 0.25) is 0 Å². The third-order valence-corrected chi connectivity index (χ3v) is 2.71. The quantitative estimate of drug-likeness (QED) is 0.872. The Labute approximate surface area is 106 Å². The second kappa shape index (κ2) is 5.71. The molecule has 0 saturated carbocycles. The van der Waals surface area contributed by atoms with Crippen LogP contribution in [0.4, 0.5) is 0 Å². The minimum atomic E-state index is -0.997. The molecule has 0 radical (unpaired) electrons. The molecule has 0 spiro atoms. The molecule has 100 valence electrons. The number of hydrogen-bond acceptors (Lipinski definition) is 3. The maximum absolute atomic E-state index is 12.1. The van der Waals surface area contributed by atoms with Crippen LogP contribution in [0, 0.1) is 12.8 Å². The van der Waals surface area contributed by atoms with E-state index in [1.165, 1.54) is 18.2 Å². The number of furan rings is 1. The smallest absolute Gasteiger partial charge is 0.326 e. The van der Waals surface area contributed by atoms with E-state index in [4.69, 9.17) is 9.52 Å². The van der Waals surface area contributed by atoms with Crippen LogP contribution < -0.4 is 0 Å². The van der Waals surface area contributed by atoms with Gasteiger partial charge in [0.15, 0.2) is 5.76 Å². The summed E-state index contributed by atoms with van der Waals surface area (Å²) in [5, 5.41) is 9.17. The molecule has 0 fully saturated rings. The Morgan fingerprint density at radius 2 is 2.06 bits per heavy atom. The summed E-state index contributed by atoms with van der Waals surface area (Å²) in [6.45, 7) is 5.65. The van der Waals surface area contributed by atoms with Crippen LogP contribution >= 0.6 is 0 Å². The van der Waals surface area contributed by atoms with E-state index in [1.807, 2.05) is 20.8 Å². The minimum Gasteiger partial charge on any atom is -0.480 e. The molecule has 0 aliphatic rings. The summed E-state index contributed by atoms with van der Waals surface area (Å²) in [5.74, 6) is -1.04. The standard InChI is InChI=1S/C13H19NO4/c1-8(2)5-10(13(16)17)14(4)12(15)11-6-9(3)7-18-11/h6-8,10H,5H2,1-4H3,(H,16,17). The lowest BCUT2D eigenvalue weighted by molar-refractivity contribution is -0.142. The van der Waals surface area contributed by atoms with Gasteiger partial charge in [0.1, 0.15) is 6.04 Å². The summed E-state index contributed by atoms with van der Waals surface area (Å²) in [6, 6.07) is 0.774. The molecule has 1 amide bonds. The van der Waals surface area contributed by atoms with Crippen LogP contribution in [-0.2, 0) is 4.79 Å². The lowest BCUT2D eigenvalue weighted by Crippen LogP contribution is -2.43. The predicted octanol–water partition coefficient (Wildman–Crippen LogP) is 2.16. The molecule has 0 saturated heterocycles. The SMILES string of the molecule is Cc1coc(C(=O)N(C)C(CC(C)C)C(=O)O)c1. The van der Waals surface area contributed by atoms with Crippen molar-refractivity contribution in [3.63, 3.8) is 0 Å². The van der Waals surface area contributed by atoms with E-state index < -0.39 is 17.9 Å². The summed E-state index contributed by atoms with van der Waals surface area (Å²) in [6.07, 6.45) is 1.89. The second-order valence-electron chi connectivity index (χ2n) is 4.89. The minimum absolute atomic E-state index is 0.171. The summed E-state index contributed by atoms with van der Waals surface area (Å²) in [4.78, 5) is 24.5. The lowest BCUT2D eigenvalue weighted by Gasteiger charge is -2.25. The van der Waals surface area contributed by atoms with Gasteiger partial charge in [-0.2, -0.15) is 0 Å². The number of aryl methyl sites for hydroxylation is 1. The fourth-order valence-electron chi connectivity index (χ4n) is 1.73. The molecule has 0 bridgehead atoms. The highest BCUT2D eigenvalue weighted by atomic mass is 16.4. The summed E-state index contributed by atoms with van der Waals surface area (Å²) < 4.78 is 5.10. The Balaban J connectivity index is 2.86. The van der Waals surface area contributed by atoms with Crippen LogP contribution in [-0.4, -0.2) is 35.0 Å². The number of nitrogens with zero attached hydrogens (tertiary/aromatic N) is 1. The van der Waals surface area contributed by atoms with E-state index in [0.717, 1.165) is 5.56 Å². The zero-order chi connectivity index (χ0) is 13.9. The van der Waals surface area contributed by atoms with Crippen molar-refractivity contribution < 1.29 is 19.1 Å². The van der Waals surface area contributed by atoms with E-state index in [1.54, 1.807) is 6.07 Å². The van der Waals surface area contributed by atoms with Gasteiger partial charge in [-0.05, 0) is 30.9 Å². The molecule has 1 aromatic rings. The molecule has 5 heteroatoms. The van der Waals surface area contributed by atoms with Gasteiger partial charge >= 0.3 is 5.97 Å². The molecule has 1 rings (SSSR count). The molecular formula is C13H19NO4. The Morgan fingerprint density at radius 1 is 1.44 bits per heavy atom. The summed E-state index contributed by atoms with van der Waals surface area (Å²) in [7, 11) is 1.49. The third kappa shape index (κ3) is 3.35. The molecule has 0 aliphatic heterocycles. The topological polar surface area (TPSA) is 70.8 Å². The number of amides is 1. The maximum Gasteiger partial charge on any atom is 0.326 e.